The summed E-state index contributed by atoms with van der Waals surface area (Å²) in [5.74, 6) is -1.59. The highest BCUT2D eigenvalue weighted by Gasteiger charge is 2.57. The Morgan fingerprint density at radius 1 is 0.968 bits per heavy atom. The van der Waals surface area contributed by atoms with E-state index in [1.54, 1.807) is 42.5 Å². The third-order valence-electron chi connectivity index (χ3n) is 6.29. The summed E-state index contributed by atoms with van der Waals surface area (Å²) in [6.07, 6.45) is 1.01. The fourth-order valence-corrected chi connectivity index (χ4v) is 5.04. The summed E-state index contributed by atoms with van der Waals surface area (Å²) in [4.78, 5) is 28.6. The van der Waals surface area contributed by atoms with E-state index in [0.717, 1.165) is 11.1 Å². The third-order valence-corrected chi connectivity index (χ3v) is 6.78. The maximum atomic E-state index is 13.7. The van der Waals surface area contributed by atoms with Crippen LogP contribution in [0.4, 0.5) is 5.69 Å². The summed E-state index contributed by atoms with van der Waals surface area (Å²) >= 11 is 12.2. The largest absolute Gasteiger partial charge is 0.375 e. The molecule has 0 saturated heterocycles. The van der Waals surface area contributed by atoms with Gasteiger partial charge in [-0.05, 0) is 54.3 Å². The van der Waals surface area contributed by atoms with Gasteiger partial charge in [-0.1, -0.05) is 59.6 Å². The van der Waals surface area contributed by atoms with E-state index >= 15 is 0 Å². The van der Waals surface area contributed by atoms with Gasteiger partial charge in [0.15, 0.2) is 11.4 Å². The molecule has 0 radical (unpaired) electrons. The molecule has 2 unspecified atom stereocenters. The molecule has 5 rings (SSSR count). The van der Waals surface area contributed by atoms with Crippen molar-refractivity contribution in [2.45, 2.75) is 25.0 Å². The van der Waals surface area contributed by atoms with Crippen LogP contribution in [0.5, 0.6) is 0 Å². The predicted molar refractivity (Wildman–Crippen MR) is 121 cm³/mol. The minimum absolute atomic E-state index is 0.211. The normalized spacial score (nSPS) is 22.4. The standard InChI is InChI=1S/C25H19Cl2NO3/c26-17-8-5-15(6-9-17)14-28-22-12-10-18(27)13-21(22)25(31,24(28)30)20-11-7-16-3-1-2-4-19(16)23(20)29/h1-6,8-10,12-13,20,31H,7,11,14H2. The Morgan fingerprint density at radius 2 is 1.68 bits per heavy atom. The number of hydrogen-bond donors (Lipinski definition) is 1. The first-order valence-corrected chi connectivity index (χ1v) is 10.9. The van der Waals surface area contributed by atoms with Crippen LogP contribution in [0.1, 0.15) is 33.5 Å². The van der Waals surface area contributed by atoms with Gasteiger partial charge in [-0.25, -0.2) is 0 Å². The number of halogens is 2. The van der Waals surface area contributed by atoms with Crippen LogP contribution in [0, 0.1) is 5.92 Å². The van der Waals surface area contributed by atoms with Crippen LogP contribution in [0.2, 0.25) is 10.0 Å². The highest BCUT2D eigenvalue weighted by Crippen LogP contribution is 2.49. The highest BCUT2D eigenvalue weighted by atomic mass is 35.5. The number of ketones is 1. The van der Waals surface area contributed by atoms with E-state index in [1.807, 2.05) is 24.3 Å². The number of nitrogens with zero attached hydrogens (tertiary/aromatic N) is 1. The molecule has 1 aliphatic heterocycles. The zero-order chi connectivity index (χ0) is 21.8. The molecule has 3 aromatic carbocycles. The maximum Gasteiger partial charge on any atom is 0.264 e. The molecule has 0 bridgehead atoms. The molecule has 3 aromatic rings. The lowest BCUT2D eigenvalue weighted by molar-refractivity contribution is -0.140. The first-order chi connectivity index (χ1) is 14.9. The monoisotopic (exact) mass is 451 g/mol. The molecule has 6 heteroatoms. The third kappa shape index (κ3) is 3.18. The van der Waals surface area contributed by atoms with Crippen molar-refractivity contribution in [3.8, 4) is 0 Å². The molecule has 0 fully saturated rings. The van der Waals surface area contributed by atoms with Crippen molar-refractivity contribution < 1.29 is 14.7 Å². The summed E-state index contributed by atoms with van der Waals surface area (Å²) in [5, 5.41) is 12.9. The molecular formula is C25H19Cl2NO3. The van der Waals surface area contributed by atoms with E-state index in [0.29, 0.717) is 39.7 Å². The van der Waals surface area contributed by atoms with Crippen LogP contribution in [0.15, 0.2) is 66.7 Å². The van der Waals surface area contributed by atoms with Gasteiger partial charge >= 0.3 is 0 Å². The van der Waals surface area contributed by atoms with Crippen molar-refractivity contribution in [3.05, 3.63) is 99.0 Å². The summed E-state index contributed by atoms with van der Waals surface area (Å²) in [6, 6.07) is 19.6. The Morgan fingerprint density at radius 3 is 2.45 bits per heavy atom. The first-order valence-electron chi connectivity index (χ1n) is 10.1. The van der Waals surface area contributed by atoms with Crippen LogP contribution in [-0.4, -0.2) is 16.8 Å². The van der Waals surface area contributed by atoms with E-state index in [-0.39, 0.29) is 12.3 Å². The molecule has 0 saturated carbocycles. The van der Waals surface area contributed by atoms with E-state index in [9.17, 15) is 14.7 Å². The molecule has 31 heavy (non-hydrogen) atoms. The molecule has 1 aliphatic carbocycles. The van der Waals surface area contributed by atoms with Crippen molar-refractivity contribution in [1.82, 2.24) is 0 Å². The van der Waals surface area contributed by atoms with Gasteiger partial charge in [0, 0.05) is 21.2 Å². The Kier molecular flexibility index (Phi) is 4.89. The molecule has 1 N–H and O–H groups in total. The zero-order valence-electron chi connectivity index (χ0n) is 16.5. The van der Waals surface area contributed by atoms with E-state index < -0.39 is 17.4 Å². The van der Waals surface area contributed by atoms with Crippen molar-refractivity contribution in [2.24, 2.45) is 5.92 Å². The maximum absolute atomic E-state index is 13.7. The summed E-state index contributed by atoms with van der Waals surface area (Å²) in [6.45, 7) is 0.254. The zero-order valence-corrected chi connectivity index (χ0v) is 18.0. The minimum atomic E-state index is -1.96. The van der Waals surface area contributed by atoms with Gasteiger partial charge < -0.3 is 10.0 Å². The number of amides is 1. The Hall–Kier alpha value is -2.66. The van der Waals surface area contributed by atoms with Gasteiger partial charge in [-0.3, -0.25) is 9.59 Å². The van der Waals surface area contributed by atoms with E-state index in [2.05, 4.69) is 0 Å². The predicted octanol–water partition coefficient (Wildman–Crippen LogP) is 5.17. The number of aryl methyl sites for hydroxylation is 1. The molecule has 2 aliphatic rings. The minimum Gasteiger partial charge on any atom is -0.375 e. The smallest absolute Gasteiger partial charge is 0.264 e. The number of Topliss-reactive ketones (excluding diaryl/α,β-unsaturated/α-hetero) is 1. The number of aliphatic hydroxyl groups is 1. The number of fused-ring (bicyclic) bond motifs is 2. The molecule has 1 heterocycles. The first kappa shape index (κ1) is 20.3. The van der Waals surface area contributed by atoms with Crippen molar-refractivity contribution in [1.29, 1.82) is 0 Å². The van der Waals surface area contributed by atoms with Gasteiger partial charge in [0.1, 0.15) is 0 Å². The summed E-state index contributed by atoms with van der Waals surface area (Å²) in [5.41, 5.74) is 1.37. The second kappa shape index (κ2) is 7.49. The molecule has 1 amide bonds. The lowest BCUT2D eigenvalue weighted by atomic mass is 9.71. The quantitative estimate of drug-likeness (QED) is 0.597. The number of benzene rings is 3. The summed E-state index contributed by atoms with van der Waals surface area (Å²) in [7, 11) is 0. The second-order valence-corrected chi connectivity index (χ2v) is 8.93. The highest BCUT2D eigenvalue weighted by molar-refractivity contribution is 6.31. The Labute approximate surface area is 190 Å². The summed E-state index contributed by atoms with van der Waals surface area (Å²) < 4.78 is 0. The van der Waals surface area contributed by atoms with Gasteiger partial charge in [0.05, 0.1) is 18.2 Å². The van der Waals surface area contributed by atoms with Crippen molar-refractivity contribution in [3.63, 3.8) is 0 Å². The van der Waals surface area contributed by atoms with E-state index in [1.165, 1.54) is 4.90 Å². The number of rotatable bonds is 3. The molecular weight excluding hydrogens is 433 g/mol. The van der Waals surface area contributed by atoms with Crippen LogP contribution in [-0.2, 0) is 23.4 Å². The second-order valence-electron chi connectivity index (χ2n) is 8.06. The number of anilines is 1. The van der Waals surface area contributed by atoms with Gasteiger partial charge in [0.25, 0.3) is 5.91 Å². The average molecular weight is 452 g/mol. The van der Waals surface area contributed by atoms with Gasteiger partial charge in [-0.15, -0.1) is 0 Å². The van der Waals surface area contributed by atoms with Crippen LogP contribution >= 0.6 is 23.2 Å². The van der Waals surface area contributed by atoms with Crippen molar-refractivity contribution >= 4 is 40.6 Å². The SMILES string of the molecule is O=C1c2ccccc2CCC1C1(O)C(=O)N(Cc2ccc(Cl)cc2)c2ccc(Cl)cc21. The van der Waals surface area contributed by atoms with Crippen LogP contribution in [0.3, 0.4) is 0 Å². The van der Waals surface area contributed by atoms with Crippen LogP contribution in [0.25, 0.3) is 0 Å². The van der Waals surface area contributed by atoms with Gasteiger partial charge in [0.2, 0.25) is 0 Å². The number of hydrogen-bond acceptors (Lipinski definition) is 3. The molecule has 4 nitrogen and oxygen atoms in total. The van der Waals surface area contributed by atoms with Gasteiger partial charge in [-0.2, -0.15) is 0 Å². The lowest BCUT2D eigenvalue weighted by Gasteiger charge is -2.34. The number of carbonyl (C=O) groups is 2. The Balaban J connectivity index is 1.59. The number of carbonyl (C=O) groups excluding carboxylic acids is 2. The molecule has 0 aromatic heterocycles. The van der Waals surface area contributed by atoms with E-state index in [4.69, 9.17) is 23.2 Å². The topological polar surface area (TPSA) is 57.6 Å². The Bertz CT molecular complexity index is 1210. The lowest BCUT2D eigenvalue weighted by Crippen LogP contribution is -2.49. The van der Waals surface area contributed by atoms with Crippen molar-refractivity contribution in [2.75, 3.05) is 4.90 Å². The molecule has 156 valence electrons. The van der Waals surface area contributed by atoms with Crippen LogP contribution < -0.4 is 4.90 Å². The fraction of sp³-hybridized carbons (Fsp3) is 0.200. The average Bonchev–Trinajstić information content (AvgIpc) is 2.98. The molecule has 2 atom stereocenters. The fourth-order valence-electron chi connectivity index (χ4n) is 4.74. The molecule has 0 spiro atoms.